The molecule has 0 saturated heterocycles. The van der Waals surface area contributed by atoms with Crippen LogP contribution >= 0.6 is 11.3 Å². The zero-order valence-electron chi connectivity index (χ0n) is 17.7. The van der Waals surface area contributed by atoms with Crippen molar-refractivity contribution in [2.75, 3.05) is 20.1 Å². The Morgan fingerprint density at radius 2 is 1.80 bits per heavy atom. The van der Waals surface area contributed by atoms with E-state index in [9.17, 15) is 14.4 Å². The van der Waals surface area contributed by atoms with Gasteiger partial charge < -0.3 is 9.80 Å². The SMILES string of the molecule is CCN(CC)C(=O)Cn1cnc2sc(C(=O)N(C)Cc3ccccc3)c(C)c2c1=O. The molecule has 0 aliphatic carbocycles. The van der Waals surface area contributed by atoms with Crippen LogP contribution in [-0.4, -0.2) is 51.3 Å². The maximum atomic E-state index is 13.0. The number of aryl methyl sites for hydroxylation is 1. The number of aromatic nitrogens is 2. The standard InChI is InChI=1S/C22H26N4O3S/c1-5-25(6-2)17(27)13-26-14-23-20-18(21(26)28)15(3)19(30-20)22(29)24(4)12-16-10-8-7-9-11-16/h7-11,14H,5-6,12-13H2,1-4H3. The Balaban J connectivity index is 1.90. The normalized spacial score (nSPS) is 10.9. The Bertz CT molecular complexity index is 1120. The number of likely N-dealkylation sites (N-methyl/N-ethyl adjacent to an activating group) is 1. The fraction of sp³-hybridized carbons (Fsp3) is 0.364. The van der Waals surface area contributed by atoms with Crippen LogP contribution in [-0.2, 0) is 17.9 Å². The third-order valence-electron chi connectivity index (χ3n) is 5.14. The van der Waals surface area contributed by atoms with Gasteiger partial charge >= 0.3 is 0 Å². The third kappa shape index (κ3) is 4.28. The minimum absolute atomic E-state index is 0.0596. The van der Waals surface area contributed by atoms with Crippen LogP contribution < -0.4 is 5.56 Å². The molecule has 0 unspecified atom stereocenters. The van der Waals surface area contributed by atoms with Gasteiger partial charge in [0.2, 0.25) is 5.91 Å². The van der Waals surface area contributed by atoms with Crippen LogP contribution in [0.5, 0.6) is 0 Å². The highest BCUT2D eigenvalue weighted by molar-refractivity contribution is 7.20. The Labute approximate surface area is 179 Å². The molecule has 2 amide bonds. The zero-order valence-corrected chi connectivity index (χ0v) is 18.5. The molecule has 0 fully saturated rings. The molecule has 8 heteroatoms. The van der Waals surface area contributed by atoms with Gasteiger partial charge in [-0.05, 0) is 31.9 Å². The number of carbonyl (C=O) groups excluding carboxylic acids is 2. The first kappa shape index (κ1) is 21.7. The molecule has 3 rings (SSSR count). The summed E-state index contributed by atoms with van der Waals surface area (Å²) in [6.07, 6.45) is 1.39. The fourth-order valence-corrected chi connectivity index (χ4v) is 4.53. The van der Waals surface area contributed by atoms with Crippen molar-refractivity contribution in [1.82, 2.24) is 19.4 Å². The first-order chi connectivity index (χ1) is 14.4. The number of hydrogen-bond acceptors (Lipinski definition) is 5. The summed E-state index contributed by atoms with van der Waals surface area (Å²) in [5.41, 5.74) is 1.35. The number of benzene rings is 1. The van der Waals surface area contributed by atoms with Gasteiger partial charge in [0.05, 0.1) is 16.6 Å². The van der Waals surface area contributed by atoms with E-state index in [1.807, 2.05) is 44.2 Å². The molecule has 0 bridgehead atoms. The van der Waals surface area contributed by atoms with Gasteiger partial charge in [-0.3, -0.25) is 19.0 Å². The maximum Gasteiger partial charge on any atom is 0.264 e. The highest BCUT2D eigenvalue weighted by atomic mass is 32.1. The van der Waals surface area contributed by atoms with Crippen molar-refractivity contribution in [1.29, 1.82) is 0 Å². The number of carbonyl (C=O) groups is 2. The molecule has 0 spiro atoms. The average Bonchev–Trinajstić information content (AvgIpc) is 3.08. The summed E-state index contributed by atoms with van der Waals surface area (Å²) in [7, 11) is 1.74. The first-order valence-corrected chi connectivity index (χ1v) is 10.7. The van der Waals surface area contributed by atoms with Crippen LogP contribution in [0, 0.1) is 6.92 Å². The number of fused-ring (bicyclic) bond motifs is 1. The summed E-state index contributed by atoms with van der Waals surface area (Å²) < 4.78 is 1.32. The molecule has 2 heterocycles. The molecule has 2 aromatic heterocycles. The lowest BCUT2D eigenvalue weighted by Crippen LogP contribution is -2.36. The molecule has 0 saturated carbocycles. The summed E-state index contributed by atoms with van der Waals surface area (Å²) in [5.74, 6) is -0.278. The number of nitrogens with zero attached hydrogens (tertiary/aromatic N) is 4. The molecule has 0 aliphatic rings. The maximum absolute atomic E-state index is 13.0. The quantitative estimate of drug-likeness (QED) is 0.582. The van der Waals surface area contributed by atoms with E-state index < -0.39 is 0 Å². The highest BCUT2D eigenvalue weighted by Gasteiger charge is 2.23. The topological polar surface area (TPSA) is 75.5 Å². The molecule has 0 aliphatic heterocycles. The molecule has 0 N–H and O–H groups in total. The van der Waals surface area contributed by atoms with Crippen molar-refractivity contribution in [2.45, 2.75) is 33.9 Å². The van der Waals surface area contributed by atoms with Crippen molar-refractivity contribution in [2.24, 2.45) is 0 Å². The minimum atomic E-state index is -0.293. The largest absolute Gasteiger partial charge is 0.342 e. The predicted octanol–water partition coefficient (Wildman–Crippen LogP) is 2.91. The summed E-state index contributed by atoms with van der Waals surface area (Å²) >= 11 is 1.22. The van der Waals surface area contributed by atoms with Gasteiger partial charge in [0.1, 0.15) is 11.4 Å². The van der Waals surface area contributed by atoms with Crippen molar-refractivity contribution < 1.29 is 9.59 Å². The number of hydrogen-bond donors (Lipinski definition) is 0. The monoisotopic (exact) mass is 426 g/mol. The van der Waals surface area contributed by atoms with Crippen LogP contribution in [0.1, 0.15) is 34.6 Å². The van der Waals surface area contributed by atoms with Crippen LogP contribution in [0.2, 0.25) is 0 Å². The smallest absolute Gasteiger partial charge is 0.264 e. The average molecular weight is 427 g/mol. The lowest BCUT2D eigenvalue weighted by atomic mass is 10.2. The van der Waals surface area contributed by atoms with Gasteiger partial charge in [-0.15, -0.1) is 11.3 Å². The van der Waals surface area contributed by atoms with Gasteiger partial charge in [-0.2, -0.15) is 0 Å². The van der Waals surface area contributed by atoms with E-state index in [0.29, 0.717) is 40.3 Å². The van der Waals surface area contributed by atoms with E-state index in [1.54, 1.807) is 23.8 Å². The second-order valence-electron chi connectivity index (χ2n) is 7.13. The lowest BCUT2D eigenvalue weighted by molar-refractivity contribution is -0.131. The summed E-state index contributed by atoms with van der Waals surface area (Å²) in [6.45, 7) is 7.16. The molecule has 1 aromatic carbocycles. The zero-order chi connectivity index (χ0) is 21.8. The van der Waals surface area contributed by atoms with E-state index >= 15 is 0 Å². The van der Waals surface area contributed by atoms with Gasteiger partial charge in [-0.25, -0.2) is 4.98 Å². The van der Waals surface area contributed by atoms with Crippen molar-refractivity contribution in [3.8, 4) is 0 Å². The Kier molecular flexibility index (Phi) is 6.66. The second-order valence-corrected chi connectivity index (χ2v) is 8.13. The Morgan fingerprint density at radius 3 is 2.43 bits per heavy atom. The first-order valence-electron chi connectivity index (χ1n) is 9.93. The van der Waals surface area contributed by atoms with Gasteiger partial charge in [0.25, 0.3) is 11.5 Å². The number of thiophene rings is 1. The van der Waals surface area contributed by atoms with Crippen molar-refractivity contribution in [3.63, 3.8) is 0 Å². The molecule has 30 heavy (non-hydrogen) atoms. The molecule has 3 aromatic rings. The number of rotatable bonds is 7. The van der Waals surface area contributed by atoms with Crippen molar-refractivity contribution >= 4 is 33.4 Å². The summed E-state index contributed by atoms with van der Waals surface area (Å²) in [6, 6.07) is 9.74. The molecule has 0 radical (unpaired) electrons. The summed E-state index contributed by atoms with van der Waals surface area (Å²) in [5, 5.41) is 0.409. The molecule has 0 atom stereocenters. The van der Waals surface area contributed by atoms with E-state index in [-0.39, 0.29) is 23.9 Å². The van der Waals surface area contributed by atoms with Crippen LogP contribution in [0.15, 0.2) is 41.5 Å². The second kappa shape index (κ2) is 9.21. The summed E-state index contributed by atoms with van der Waals surface area (Å²) in [4.78, 5) is 47.1. The van der Waals surface area contributed by atoms with E-state index in [4.69, 9.17) is 0 Å². The van der Waals surface area contributed by atoms with Crippen LogP contribution in [0.25, 0.3) is 10.2 Å². The van der Waals surface area contributed by atoms with Gasteiger partial charge in [0.15, 0.2) is 0 Å². The highest BCUT2D eigenvalue weighted by Crippen LogP contribution is 2.28. The van der Waals surface area contributed by atoms with Gasteiger partial charge in [0, 0.05) is 26.7 Å². The predicted molar refractivity (Wildman–Crippen MR) is 119 cm³/mol. The van der Waals surface area contributed by atoms with Crippen molar-refractivity contribution in [3.05, 3.63) is 63.0 Å². The lowest BCUT2D eigenvalue weighted by Gasteiger charge is -2.18. The molecular formula is C22H26N4O3S. The Hall–Kier alpha value is -3.00. The third-order valence-corrected chi connectivity index (χ3v) is 6.33. The molecule has 158 valence electrons. The van der Waals surface area contributed by atoms with E-state index in [0.717, 1.165) is 5.56 Å². The molecular weight excluding hydrogens is 400 g/mol. The van der Waals surface area contributed by atoms with Crippen LogP contribution in [0.3, 0.4) is 0 Å². The van der Waals surface area contributed by atoms with Gasteiger partial charge in [-0.1, -0.05) is 30.3 Å². The fourth-order valence-electron chi connectivity index (χ4n) is 3.40. The minimum Gasteiger partial charge on any atom is -0.342 e. The van der Waals surface area contributed by atoms with E-state index in [1.165, 1.54) is 22.2 Å². The van der Waals surface area contributed by atoms with E-state index in [2.05, 4.69) is 4.98 Å². The molecule has 7 nitrogen and oxygen atoms in total. The van der Waals surface area contributed by atoms with Crippen LogP contribution in [0.4, 0.5) is 0 Å². The number of amides is 2. The Morgan fingerprint density at radius 1 is 1.13 bits per heavy atom.